The third kappa shape index (κ3) is 9.53. The van der Waals surface area contributed by atoms with Crippen molar-refractivity contribution in [3.63, 3.8) is 0 Å². The number of amides is 2. The lowest BCUT2D eigenvalue weighted by atomic mass is 9.95. The Morgan fingerprint density at radius 1 is 1.05 bits per heavy atom. The van der Waals surface area contributed by atoms with Gasteiger partial charge < -0.3 is 15.0 Å². The fourth-order valence-electron chi connectivity index (χ4n) is 4.92. The molecule has 1 aromatic carbocycles. The Morgan fingerprint density at radius 2 is 1.74 bits per heavy atom. The molecule has 0 aliphatic carbocycles. The summed E-state index contributed by atoms with van der Waals surface area (Å²) in [5, 5.41) is 5.76. The van der Waals surface area contributed by atoms with Gasteiger partial charge in [-0.1, -0.05) is 71.4 Å². The molecule has 38 heavy (non-hydrogen) atoms. The molecule has 1 heterocycles. The van der Waals surface area contributed by atoms with E-state index in [1.807, 2.05) is 56.1 Å². The summed E-state index contributed by atoms with van der Waals surface area (Å²) in [5.41, 5.74) is 1.47. The molecule has 0 bridgehead atoms. The molecule has 0 saturated heterocycles. The van der Waals surface area contributed by atoms with Crippen LogP contribution < -0.4 is 5.32 Å². The van der Waals surface area contributed by atoms with Gasteiger partial charge in [-0.15, -0.1) is 11.3 Å². The maximum absolute atomic E-state index is 13.1. The summed E-state index contributed by atoms with van der Waals surface area (Å²) in [4.78, 5) is 44.6. The molecule has 4 atom stereocenters. The zero-order valence-electron chi connectivity index (χ0n) is 24.0. The molecule has 8 heteroatoms. The second kappa shape index (κ2) is 15.6. The van der Waals surface area contributed by atoms with Gasteiger partial charge in [0.25, 0.3) is 5.91 Å². The summed E-state index contributed by atoms with van der Waals surface area (Å²) in [6.07, 6.45) is 4.45. The highest BCUT2D eigenvalue weighted by Gasteiger charge is 2.27. The van der Waals surface area contributed by atoms with Crippen LogP contribution in [0, 0.1) is 17.8 Å². The molecule has 7 nitrogen and oxygen atoms in total. The molecule has 1 N–H and O–H groups in total. The normalized spacial score (nSPS) is 14.4. The Labute approximate surface area is 232 Å². The maximum atomic E-state index is 13.1. The number of carbonyl (C=O) groups is 3. The van der Waals surface area contributed by atoms with Crippen LogP contribution in [0.1, 0.15) is 81.4 Å². The molecule has 0 fully saturated rings. The molecule has 2 aromatic rings. The third-order valence-electron chi connectivity index (χ3n) is 7.10. The minimum absolute atomic E-state index is 0.0205. The van der Waals surface area contributed by atoms with E-state index < -0.39 is 0 Å². The molecule has 210 valence electrons. The molecule has 2 rings (SSSR count). The van der Waals surface area contributed by atoms with Gasteiger partial charge in [0, 0.05) is 36.9 Å². The second-order valence-corrected chi connectivity index (χ2v) is 11.6. The van der Waals surface area contributed by atoms with Crippen LogP contribution in [0.15, 0.2) is 35.7 Å². The summed E-state index contributed by atoms with van der Waals surface area (Å²) < 4.78 is 4.89. The molecule has 0 aliphatic rings. The predicted molar refractivity (Wildman–Crippen MR) is 153 cm³/mol. The van der Waals surface area contributed by atoms with E-state index in [0.29, 0.717) is 30.9 Å². The van der Waals surface area contributed by atoms with Crippen molar-refractivity contribution in [1.29, 1.82) is 0 Å². The largest absolute Gasteiger partial charge is 0.469 e. The smallest absolute Gasteiger partial charge is 0.308 e. The first-order valence-electron chi connectivity index (χ1n) is 13.7. The zero-order valence-corrected chi connectivity index (χ0v) is 24.8. The Balaban J connectivity index is 2.05. The van der Waals surface area contributed by atoms with Crippen LogP contribution in [0.5, 0.6) is 0 Å². The molecule has 1 aromatic heterocycles. The predicted octanol–water partition coefficient (Wildman–Crippen LogP) is 5.54. The lowest BCUT2D eigenvalue weighted by molar-refractivity contribution is -0.145. The Kier molecular flexibility index (Phi) is 12.9. The standard InChI is InChI=1S/C30H45N3O4S/c1-8-12-21(4)29(35)33(6)26(20(2)3)15-16-27-32-25(19-38-27)28(34)31-24(17-22(5)30(36)37-7)18-23-13-10-9-11-14-23/h9-11,13-14,19-22,24,26H,8,12,15-18H2,1-7H3,(H,31,34)/t21-,22-,24+,26+/m0/s1. The van der Waals surface area contributed by atoms with Crippen LogP contribution >= 0.6 is 11.3 Å². The van der Waals surface area contributed by atoms with Crippen LogP contribution in [-0.2, 0) is 27.2 Å². The monoisotopic (exact) mass is 543 g/mol. The summed E-state index contributed by atoms with van der Waals surface area (Å²) in [6, 6.07) is 9.78. The number of nitrogens with one attached hydrogen (secondary N) is 1. The SMILES string of the molecule is CCC[C@H](C)C(=O)N(C)[C@H](CCc1nc(C(=O)N[C@@H](Cc2ccccc2)C[C@H](C)C(=O)OC)cs1)C(C)C. The molecule has 0 saturated carbocycles. The second-order valence-electron chi connectivity index (χ2n) is 10.6. The van der Waals surface area contributed by atoms with Crippen molar-refractivity contribution in [3.05, 3.63) is 52.0 Å². The average Bonchev–Trinajstić information content (AvgIpc) is 3.37. The van der Waals surface area contributed by atoms with Crippen molar-refractivity contribution in [1.82, 2.24) is 15.2 Å². The fourth-order valence-corrected chi connectivity index (χ4v) is 5.71. The summed E-state index contributed by atoms with van der Waals surface area (Å²) >= 11 is 1.47. The minimum atomic E-state index is -0.340. The van der Waals surface area contributed by atoms with Crippen molar-refractivity contribution in [2.45, 2.75) is 85.2 Å². The number of hydrogen-bond donors (Lipinski definition) is 1. The zero-order chi connectivity index (χ0) is 28.2. The van der Waals surface area contributed by atoms with Gasteiger partial charge in [-0.05, 0) is 37.2 Å². The highest BCUT2D eigenvalue weighted by molar-refractivity contribution is 7.09. The van der Waals surface area contributed by atoms with Gasteiger partial charge in [-0.25, -0.2) is 4.98 Å². The van der Waals surface area contributed by atoms with Gasteiger partial charge in [0.2, 0.25) is 5.91 Å². The fraction of sp³-hybridized carbons (Fsp3) is 0.600. The summed E-state index contributed by atoms with van der Waals surface area (Å²) in [5.74, 6) is -0.349. The van der Waals surface area contributed by atoms with Crippen LogP contribution in [-0.4, -0.2) is 53.9 Å². The van der Waals surface area contributed by atoms with E-state index >= 15 is 0 Å². The van der Waals surface area contributed by atoms with Gasteiger partial charge in [-0.3, -0.25) is 14.4 Å². The Morgan fingerprint density at radius 3 is 2.34 bits per heavy atom. The highest BCUT2D eigenvalue weighted by Crippen LogP contribution is 2.22. The van der Waals surface area contributed by atoms with Crippen molar-refractivity contribution in [3.8, 4) is 0 Å². The van der Waals surface area contributed by atoms with E-state index in [0.717, 1.165) is 29.8 Å². The molecular formula is C30H45N3O4S. The van der Waals surface area contributed by atoms with Crippen LogP contribution in [0.2, 0.25) is 0 Å². The summed E-state index contributed by atoms with van der Waals surface area (Å²) in [6.45, 7) is 10.2. The lowest BCUT2D eigenvalue weighted by Crippen LogP contribution is -2.43. The van der Waals surface area contributed by atoms with Gasteiger partial charge in [-0.2, -0.15) is 0 Å². The van der Waals surface area contributed by atoms with Crippen LogP contribution in [0.4, 0.5) is 0 Å². The lowest BCUT2D eigenvalue weighted by Gasteiger charge is -2.33. The minimum Gasteiger partial charge on any atom is -0.469 e. The van der Waals surface area contributed by atoms with Crippen molar-refractivity contribution < 1.29 is 19.1 Å². The molecule has 0 unspecified atom stereocenters. The molecule has 0 aliphatic heterocycles. The number of carbonyl (C=O) groups excluding carboxylic acids is 3. The van der Waals surface area contributed by atoms with Crippen molar-refractivity contribution in [2.75, 3.05) is 14.2 Å². The summed E-state index contributed by atoms with van der Waals surface area (Å²) in [7, 11) is 3.28. The topological polar surface area (TPSA) is 88.6 Å². The number of hydrogen-bond acceptors (Lipinski definition) is 6. The van der Waals surface area contributed by atoms with Gasteiger partial charge >= 0.3 is 5.97 Å². The Hall–Kier alpha value is -2.74. The number of aryl methyl sites for hydroxylation is 1. The van der Waals surface area contributed by atoms with E-state index in [1.54, 1.807) is 5.38 Å². The number of benzene rings is 1. The highest BCUT2D eigenvalue weighted by atomic mass is 32.1. The number of thiazole rings is 1. The molecule has 0 spiro atoms. The van der Waals surface area contributed by atoms with E-state index in [1.165, 1.54) is 18.4 Å². The number of esters is 1. The van der Waals surface area contributed by atoms with Crippen LogP contribution in [0.25, 0.3) is 0 Å². The molecule has 2 amide bonds. The van der Waals surface area contributed by atoms with E-state index in [-0.39, 0.29) is 41.7 Å². The average molecular weight is 544 g/mol. The first-order valence-corrected chi connectivity index (χ1v) is 14.6. The number of methoxy groups -OCH3 is 1. The molecule has 0 radical (unpaired) electrons. The van der Waals surface area contributed by atoms with E-state index in [2.05, 4.69) is 31.1 Å². The van der Waals surface area contributed by atoms with E-state index in [4.69, 9.17) is 4.74 Å². The Bertz CT molecular complexity index is 1020. The third-order valence-corrected chi connectivity index (χ3v) is 8.01. The van der Waals surface area contributed by atoms with Crippen molar-refractivity contribution in [2.24, 2.45) is 17.8 Å². The quantitative estimate of drug-likeness (QED) is 0.298. The van der Waals surface area contributed by atoms with E-state index in [9.17, 15) is 14.4 Å². The van der Waals surface area contributed by atoms with Crippen molar-refractivity contribution >= 4 is 29.1 Å². The van der Waals surface area contributed by atoms with Crippen LogP contribution in [0.3, 0.4) is 0 Å². The number of ether oxygens (including phenoxy) is 1. The first-order chi connectivity index (χ1) is 18.1. The first kappa shape index (κ1) is 31.5. The van der Waals surface area contributed by atoms with Gasteiger partial charge in [0.1, 0.15) is 5.69 Å². The number of nitrogens with zero attached hydrogens (tertiary/aromatic N) is 2. The van der Waals surface area contributed by atoms with Gasteiger partial charge in [0.05, 0.1) is 18.0 Å². The number of aromatic nitrogens is 1. The molecular weight excluding hydrogens is 498 g/mol. The number of rotatable bonds is 15. The maximum Gasteiger partial charge on any atom is 0.308 e. The van der Waals surface area contributed by atoms with Gasteiger partial charge in [0.15, 0.2) is 0 Å².